The first-order chi connectivity index (χ1) is 11.0. The van der Waals surface area contributed by atoms with Gasteiger partial charge in [0.25, 0.3) is 5.91 Å². The summed E-state index contributed by atoms with van der Waals surface area (Å²) in [4.78, 5) is 16.3. The molecule has 0 radical (unpaired) electrons. The zero-order valence-corrected chi connectivity index (χ0v) is 13.8. The fourth-order valence-electron chi connectivity index (χ4n) is 2.65. The highest BCUT2D eigenvalue weighted by atomic mass is 35.5. The van der Waals surface area contributed by atoms with Crippen molar-refractivity contribution in [3.8, 4) is 0 Å². The van der Waals surface area contributed by atoms with E-state index >= 15 is 0 Å². The van der Waals surface area contributed by atoms with E-state index in [1.165, 1.54) is 24.3 Å². The van der Waals surface area contributed by atoms with Crippen molar-refractivity contribution in [2.45, 2.75) is 0 Å². The normalized spacial score (nSPS) is 14.9. The fourth-order valence-corrected chi connectivity index (χ4v) is 3.06. The summed E-state index contributed by atoms with van der Waals surface area (Å²) in [6.45, 7) is 2.51. The largest absolute Gasteiger partial charge is 0.367 e. The molecule has 3 rings (SSSR count). The van der Waals surface area contributed by atoms with Crippen molar-refractivity contribution < 1.29 is 9.18 Å². The van der Waals surface area contributed by atoms with Crippen molar-refractivity contribution in [1.82, 2.24) is 4.90 Å². The third-order valence-corrected chi connectivity index (χ3v) is 4.46. The van der Waals surface area contributed by atoms with Crippen LogP contribution in [0.25, 0.3) is 0 Å². The lowest BCUT2D eigenvalue weighted by molar-refractivity contribution is 0.0747. The van der Waals surface area contributed by atoms with Gasteiger partial charge in [-0.25, -0.2) is 4.39 Å². The van der Waals surface area contributed by atoms with Gasteiger partial charge in [-0.15, -0.1) is 0 Å². The number of rotatable bonds is 2. The Morgan fingerprint density at radius 1 is 0.957 bits per heavy atom. The minimum absolute atomic E-state index is 0.0816. The number of anilines is 1. The van der Waals surface area contributed by atoms with Gasteiger partial charge in [0.2, 0.25) is 0 Å². The first kappa shape index (κ1) is 16.1. The molecular formula is C17H15Cl2FN2O. The van der Waals surface area contributed by atoms with E-state index in [1.807, 2.05) is 6.07 Å². The van der Waals surface area contributed by atoms with E-state index < -0.39 is 0 Å². The first-order valence-electron chi connectivity index (χ1n) is 7.29. The lowest BCUT2D eigenvalue weighted by Gasteiger charge is -2.36. The Hall–Kier alpha value is -1.78. The molecule has 6 heteroatoms. The van der Waals surface area contributed by atoms with Crippen LogP contribution in [0, 0.1) is 5.82 Å². The summed E-state index contributed by atoms with van der Waals surface area (Å²) in [5.41, 5.74) is 1.38. The smallest absolute Gasteiger partial charge is 0.253 e. The lowest BCUT2D eigenvalue weighted by atomic mass is 10.1. The Morgan fingerprint density at radius 2 is 1.61 bits per heavy atom. The van der Waals surface area contributed by atoms with Crippen molar-refractivity contribution in [3.05, 3.63) is 63.9 Å². The first-order valence-corrected chi connectivity index (χ1v) is 8.05. The maximum atomic E-state index is 12.9. The fraction of sp³-hybridized carbons (Fsp3) is 0.235. The van der Waals surface area contributed by atoms with Crippen LogP contribution in [0.1, 0.15) is 10.4 Å². The molecule has 0 atom stereocenters. The van der Waals surface area contributed by atoms with Gasteiger partial charge in [0, 0.05) is 36.8 Å². The number of amides is 1. The zero-order chi connectivity index (χ0) is 16.4. The molecule has 0 spiro atoms. The third kappa shape index (κ3) is 3.59. The molecule has 0 unspecified atom stereocenters. The van der Waals surface area contributed by atoms with E-state index in [-0.39, 0.29) is 11.7 Å². The molecular weight excluding hydrogens is 338 g/mol. The molecule has 1 fully saturated rings. The Bertz CT molecular complexity index is 713. The molecule has 0 saturated carbocycles. The number of nitrogens with zero attached hydrogens (tertiary/aromatic N) is 2. The van der Waals surface area contributed by atoms with Crippen LogP contribution < -0.4 is 4.90 Å². The van der Waals surface area contributed by atoms with Gasteiger partial charge in [-0.2, -0.15) is 0 Å². The monoisotopic (exact) mass is 352 g/mol. The van der Waals surface area contributed by atoms with Crippen molar-refractivity contribution in [3.63, 3.8) is 0 Å². The maximum absolute atomic E-state index is 12.9. The van der Waals surface area contributed by atoms with Crippen molar-refractivity contribution in [1.29, 1.82) is 0 Å². The van der Waals surface area contributed by atoms with E-state index in [4.69, 9.17) is 23.2 Å². The summed E-state index contributed by atoms with van der Waals surface area (Å²) < 4.78 is 12.9. The van der Waals surface area contributed by atoms with Crippen LogP contribution in [0.15, 0.2) is 42.5 Å². The van der Waals surface area contributed by atoms with Crippen LogP contribution in [0.3, 0.4) is 0 Å². The van der Waals surface area contributed by atoms with Crippen LogP contribution in [-0.4, -0.2) is 37.0 Å². The predicted molar refractivity (Wildman–Crippen MR) is 91.0 cm³/mol. The minimum atomic E-state index is -0.345. The van der Waals surface area contributed by atoms with E-state index in [1.54, 1.807) is 17.0 Å². The summed E-state index contributed by atoms with van der Waals surface area (Å²) in [6, 6.07) is 11.0. The highest BCUT2D eigenvalue weighted by molar-refractivity contribution is 6.35. The summed E-state index contributed by atoms with van der Waals surface area (Å²) in [5.74, 6) is -0.427. The van der Waals surface area contributed by atoms with Gasteiger partial charge < -0.3 is 9.80 Å². The van der Waals surface area contributed by atoms with Crippen LogP contribution in [0.4, 0.5) is 10.1 Å². The van der Waals surface area contributed by atoms with E-state index in [0.29, 0.717) is 41.8 Å². The Balaban J connectivity index is 1.67. The molecule has 23 heavy (non-hydrogen) atoms. The van der Waals surface area contributed by atoms with Crippen molar-refractivity contribution >= 4 is 34.8 Å². The highest BCUT2D eigenvalue weighted by Gasteiger charge is 2.23. The van der Waals surface area contributed by atoms with Crippen LogP contribution in [-0.2, 0) is 0 Å². The summed E-state index contributed by atoms with van der Waals surface area (Å²) in [5, 5.41) is 1.28. The predicted octanol–water partition coefficient (Wildman–Crippen LogP) is 4.09. The quantitative estimate of drug-likeness (QED) is 0.812. The molecule has 1 heterocycles. The zero-order valence-electron chi connectivity index (χ0n) is 12.3. The van der Waals surface area contributed by atoms with Gasteiger partial charge >= 0.3 is 0 Å². The Labute approximate surface area is 144 Å². The molecule has 120 valence electrons. The maximum Gasteiger partial charge on any atom is 0.253 e. The van der Waals surface area contributed by atoms with Gasteiger partial charge in [-0.05, 0) is 42.5 Å². The molecule has 0 aromatic heterocycles. The number of hydrogen-bond acceptors (Lipinski definition) is 2. The van der Waals surface area contributed by atoms with Gasteiger partial charge in [0.1, 0.15) is 5.82 Å². The number of carbonyl (C=O) groups is 1. The minimum Gasteiger partial charge on any atom is -0.367 e. The molecule has 0 N–H and O–H groups in total. The molecule has 0 bridgehead atoms. The molecule has 0 aliphatic carbocycles. The number of benzene rings is 2. The molecule has 2 aromatic carbocycles. The standard InChI is InChI=1S/C17H15Cl2FN2O/c18-13-3-6-15(19)16(11-13)21-7-9-22(10-8-21)17(23)12-1-4-14(20)5-2-12/h1-6,11H,7-10H2. The van der Waals surface area contributed by atoms with Crippen molar-refractivity contribution in [2.24, 2.45) is 0 Å². The lowest BCUT2D eigenvalue weighted by Crippen LogP contribution is -2.48. The van der Waals surface area contributed by atoms with Crippen LogP contribution in [0.5, 0.6) is 0 Å². The van der Waals surface area contributed by atoms with E-state index in [0.717, 1.165) is 5.69 Å². The topological polar surface area (TPSA) is 23.6 Å². The number of carbonyl (C=O) groups excluding carboxylic acids is 1. The number of hydrogen-bond donors (Lipinski definition) is 0. The van der Waals surface area contributed by atoms with Crippen molar-refractivity contribution in [2.75, 3.05) is 31.1 Å². The average Bonchev–Trinajstić information content (AvgIpc) is 2.57. The second-order valence-corrected chi connectivity index (χ2v) is 6.23. The van der Waals surface area contributed by atoms with Gasteiger partial charge in [-0.3, -0.25) is 4.79 Å². The molecule has 1 saturated heterocycles. The van der Waals surface area contributed by atoms with Gasteiger partial charge in [-0.1, -0.05) is 23.2 Å². The molecule has 1 amide bonds. The SMILES string of the molecule is O=C(c1ccc(F)cc1)N1CCN(c2cc(Cl)ccc2Cl)CC1. The van der Waals surface area contributed by atoms with E-state index in [9.17, 15) is 9.18 Å². The molecule has 3 nitrogen and oxygen atoms in total. The van der Waals surface area contributed by atoms with Crippen LogP contribution >= 0.6 is 23.2 Å². The number of halogens is 3. The molecule has 1 aliphatic rings. The second-order valence-electron chi connectivity index (χ2n) is 5.38. The average molecular weight is 353 g/mol. The Morgan fingerprint density at radius 3 is 2.26 bits per heavy atom. The second kappa shape index (κ2) is 6.77. The third-order valence-electron chi connectivity index (χ3n) is 3.91. The summed E-state index contributed by atoms with van der Waals surface area (Å²) in [6.07, 6.45) is 0. The van der Waals surface area contributed by atoms with Gasteiger partial charge in [0.15, 0.2) is 0 Å². The highest BCUT2D eigenvalue weighted by Crippen LogP contribution is 2.29. The van der Waals surface area contributed by atoms with Gasteiger partial charge in [0.05, 0.1) is 10.7 Å². The summed E-state index contributed by atoms with van der Waals surface area (Å²) >= 11 is 12.3. The number of piperazine rings is 1. The molecule has 1 aliphatic heterocycles. The Kier molecular flexibility index (Phi) is 4.74. The molecule has 2 aromatic rings. The van der Waals surface area contributed by atoms with Crippen LogP contribution in [0.2, 0.25) is 10.0 Å². The summed E-state index contributed by atoms with van der Waals surface area (Å²) in [7, 11) is 0. The van der Waals surface area contributed by atoms with E-state index in [2.05, 4.69) is 4.90 Å².